The molecule has 142 valence electrons. The van der Waals surface area contributed by atoms with Gasteiger partial charge in [0.05, 0.1) is 13.2 Å². The molecule has 11 heteroatoms. The largest absolute Gasteiger partial charge is 0.394 e. The van der Waals surface area contributed by atoms with Crippen molar-refractivity contribution in [2.75, 3.05) is 18.5 Å². The van der Waals surface area contributed by atoms with Crippen molar-refractivity contribution in [1.82, 2.24) is 0 Å². The van der Waals surface area contributed by atoms with Gasteiger partial charge in [-0.1, -0.05) is 17.2 Å². The van der Waals surface area contributed by atoms with Crippen molar-refractivity contribution in [1.29, 1.82) is 0 Å². The number of nitrogens with zero attached hydrogens (tertiary/aromatic N) is 3. The van der Waals surface area contributed by atoms with Crippen molar-refractivity contribution >= 4 is 24.2 Å². The number of benzene rings is 1. The Hall–Kier alpha value is -1.85. The second-order valence-corrected chi connectivity index (χ2v) is 6.15. The summed E-state index contributed by atoms with van der Waals surface area (Å²) in [6.07, 6.45) is -4.32. The monoisotopic (exact) mass is 384 g/mol. The van der Waals surface area contributed by atoms with Crippen LogP contribution < -0.4 is 5.32 Å². The second kappa shape index (κ2) is 9.74. The topological polar surface area (TPSA) is 157 Å². The molecule has 1 saturated heterocycles. The summed E-state index contributed by atoms with van der Waals surface area (Å²) >= 11 is 4.19. The number of azide groups is 1. The lowest BCUT2D eigenvalue weighted by atomic mass is 10.00. The number of carbonyl (C=O) groups excluding carboxylic acids is 1. The van der Waals surface area contributed by atoms with Crippen molar-refractivity contribution in [3.05, 3.63) is 40.3 Å². The van der Waals surface area contributed by atoms with Crippen LogP contribution in [-0.4, -0.2) is 64.2 Å². The molecule has 0 aliphatic carbocycles. The highest BCUT2D eigenvalue weighted by atomic mass is 32.1. The summed E-state index contributed by atoms with van der Waals surface area (Å²) in [5, 5.41) is 34.8. The number of ether oxygens (including phenoxy) is 2. The minimum absolute atomic E-state index is 0.117. The Kier molecular flexibility index (Phi) is 7.66. The van der Waals surface area contributed by atoms with E-state index >= 15 is 0 Å². The molecule has 2 rings (SSSR count). The molecule has 0 aromatic heterocycles. The minimum Gasteiger partial charge on any atom is -0.394 e. The average Bonchev–Trinajstić information content (AvgIpc) is 2.64. The molecule has 1 amide bonds. The van der Waals surface area contributed by atoms with Gasteiger partial charge in [0.25, 0.3) is 0 Å². The van der Waals surface area contributed by atoms with Crippen LogP contribution in [0.5, 0.6) is 0 Å². The van der Waals surface area contributed by atoms with Crippen LogP contribution in [0.2, 0.25) is 0 Å². The van der Waals surface area contributed by atoms with Gasteiger partial charge in [0, 0.05) is 10.6 Å². The molecule has 10 nitrogen and oxygen atoms in total. The number of anilines is 1. The van der Waals surface area contributed by atoms with E-state index < -0.39 is 42.4 Å². The van der Waals surface area contributed by atoms with E-state index in [1.807, 2.05) is 0 Å². The Morgan fingerprint density at radius 3 is 2.65 bits per heavy atom. The first-order chi connectivity index (χ1) is 12.5. The van der Waals surface area contributed by atoms with Gasteiger partial charge in [-0.25, -0.2) is 0 Å². The van der Waals surface area contributed by atoms with Crippen molar-refractivity contribution in [3.8, 4) is 0 Å². The smallest absolute Gasteiger partial charge is 0.230 e. The van der Waals surface area contributed by atoms with Crippen LogP contribution in [0.3, 0.4) is 0 Å². The molecular formula is C15H20N4O6S. The fourth-order valence-electron chi connectivity index (χ4n) is 2.43. The van der Waals surface area contributed by atoms with E-state index in [4.69, 9.17) is 20.1 Å². The van der Waals surface area contributed by atoms with Gasteiger partial charge in [0.15, 0.2) is 0 Å². The predicted octanol–water partition coefficient (Wildman–Crippen LogP) is 0.189. The Morgan fingerprint density at radius 2 is 2.04 bits per heavy atom. The van der Waals surface area contributed by atoms with Crippen LogP contribution in [0.15, 0.2) is 29.4 Å². The number of rotatable bonds is 7. The highest BCUT2D eigenvalue weighted by Crippen LogP contribution is 2.26. The SMILES string of the molecule is [N-]=[N+]=NCC(=O)Nc1ccc(CO[C@@H]2[C@@H](O)[C@@H](O)[C@@H](CO)O[C@H]2S)cc1. The number of amides is 1. The molecule has 5 atom stereocenters. The fourth-order valence-corrected chi connectivity index (χ4v) is 2.84. The maximum absolute atomic E-state index is 11.5. The molecule has 1 aliphatic rings. The molecule has 0 unspecified atom stereocenters. The molecule has 1 aliphatic heterocycles. The van der Waals surface area contributed by atoms with E-state index in [1.165, 1.54) is 0 Å². The summed E-state index contributed by atoms with van der Waals surface area (Å²) in [7, 11) is 0. The fraction of sp³-hybridized carbons (Fsp3) is 0.533. The summed E-state index contributed by atoms with van der Waals surface area (Å²) in [5.41, 5.74) is 8.65. The molecule has 1 heterocycles. The van der Waals surface area contributed by atoms with E-state index in [0.29, 0.717) is 5.69 Å². The van der Waals surface area contributed by atoms with Crippen LogP contribution in [-0.2, 0) is 20.9 Å². The Morgan fingerprint density at radius 1 is 1.35 bits per heavy atom. The minimum atomic E-state index is -1.28. The van der Waals surface area contributed by atoms with Gasteiger partial charge in [0.1, 0.15) is 36.4 Å². The molecular weight excluding hydrogens is 364 g/mol. The van der Waals surface area contributed by atoms with Gasteiger partial charge in [-0.05, 0) is 23.2 Å². The molecule has 0 spiro atoms. The Labute approximate surface area is 154 Å². The number of aliphatic hydroxyl groups is 3. The summed E-state index contributed by atoms with van der Waals surface area (Å²) in [4.78, 5) is 14.0. The molecule has 26 heavy (non-hydrogen) atoms. The van der Waals surface area contributed by atoms with E-state index in [9.17, 15) is 15.0 Å². The number of aliphatic hydroxyl groups excluding tert-OH is 3. The quantitative estimate of drug-likeness (QED) is 0.195. The van der Waals surface area contributed by atoms with Gasteiger partial charge < -0.3 is 30.1 Å². The zero-order valence-electron chi connectivity index (χ0n) is 13.7. The lowest BCUT2D eigenvalue weighted by Crippen LogP contribution is -2.57. The Bertz CT molecular complexity index is 654. The third kappa shape index (κ3) is 5.32. The molecule has 1 aromatic carbocycles. The molecule has 0 bridgehead atoms. The lowest BCUT2D eigenvalue weighted by molar-refractivity contribution is -0.221. The standard InChI is InChI=1S/C15H20N4O6S/c16-19-17-5-11(21)18-9-3-1-8(2-4-9)7-24-14-13(23)12(22)10(6-20)25-15(14)26/h1-4,10,12-15,20,22-23,26H,5-7H2,(H,18,21)/t10-,12+,13+,14-,15+/m1/s1. The van der Waals surface area contributed by atoms with Crippen LogP contribution in [0, 0.1) is 0 Å². The first kappa shape index (κ1) is 20.5. The average molecular weight is 384 g/mol. The summed E-state index contributed by atoms with van der Waals surface area (Å²) in [6, 6.07) is 6.71. The number of hydrogen-bond acceptors (Lipinski definition) is 8. The molecule has 1 fully saturated rings. The highest BCUT2D eigenvalue weighted by molar-refractivity contribution is 7.80. The Balaban J connectivity index is 1.89. The number of hydrogen-bond donors (Lipinski definition) is 5. The van der Waals surface area contributed by atoms with Crippen molar-refractivity contribution < 1.29 is 29.6 Å². The zero-order valence-corrected chi connectivity index (χ0v) is 14.6. The summed E-state index contributed by atoms with van der Waals surface area (Å²) in [6.45, 7) is -0.609. The molecule has 0 saturated carbocycles. The molecule has 1 aromatic rings. The van der Waals surface area contributed by atoms with E-state index in [-0.39, 0.29) is 13.2 Å². The molecule has 4 N–H and O–H groups in total. The van der Waals surface area contributed by atoms with E-state index in [2.05, 4.69) is 28.0 Å². The summed E-state index contributed by atoms with van der Waals surface area (Å²) in [5.74, 6) is -0.431. The maximum Gasteiger partial charge on any atom is 0.230 e. The molecule has 0 radical (unpaired) electrons. The van der Waals surface area contributed by atoms with Crippen LogP contribution in [0.4, 0.5) is 5.69 Å². The van der Waals surface area contributed by atoms with Crippen molar-refractivity contribution in [2.24, 2.45) is 5.11 Å². The van der Waals surface area contributed by atoms with Gasteiger partial charge in [-0.3, -0.25) is 4.79 Å². The van der Waals surface area contributed by atoms with Gasteiger partial charge in [0.2, 0.25) is 5.91 Å². The van der Waals surface area contributed by atoms with Gasteiger partial charge in [-0.2, -0.15) is 0 Å². The van der Waals surface area contributed by atoms with Crippen molar-refractivity contribution in [2.45, 2.75) is 36.5 Å². The number of carbonyl (C=O) groups is 1. The van der Waals surface area contributed by atoms with Crippen LogP contribution in [0.1, 0.15) is 5.56 Å². The van der Waals surface area contributed by atoms with E-state index in [1.54, 1.807) is 24.3 Å². The first-order valence-corrected chi connectivity index (χ1v) is 8.29. The first-order valence-electron chi connectivity index (χ1n) is 7.78. The number of nitrogens with one attached hydrogen (secondary N) is 1. The summed E-state index contributed by atoms with van der Waals surface area (Å²) < 4.78 is 10.9. The maximum atomic E-state index is 11.5. The second-order valence-electron chi connectivity index (χ2n) is 5.64. The van der Waals surface area contributed by atoms with Gasteiger partial charge in [-0.15, -0.1) is 12.6 Å². The zero-order chi connectivity index (χ0) is 19.1. The third-order valence-corrected chi connectivity index (χ3v) is 4.22. The lowest BCUT2D eigenvalue weighted by Gasteiger charge is -2.40. The predicted molar refractivity (Wildman–Crippen MR) is 94.4 cm³/mol. The third-order valence-electron chi connectivity index (χ3n) is 3.80. The number of thiol groups is 1. The van der Waals surface area contributed by atoms with Crippen molar-refractivity contribution in [3.63, 3.8) is 0 Å². The van der Waals surface area contributed by atoms with Gasteiger partial charge >= 0.3 is 0 Å². The van der Waals surface area contributed by atoms with Crippen LogP contribution in [0.25, 0.3) is 10.4 Å². The van der Waals surface area contributed by atoms with E-state index in [0.717, 1.165) is 5.56 Å². The highest BCUT2D eigenvalue weighted by Gasteiger charge is 2.43. The van der Waals surface area contributed by atoms with Crippen LogP contribution >= 0.6 is 12.6 Å². The normalized spacial score (nSPS) is 28.2.